The molecule has 4 rings (SSSR count). The maximum absolute atomic E-state index is 12.7. The number of amides is 1. The summed E-state index contributed by atoms with van der Waals surface area (Å²) in [6.45, 7) is 1.26. The molecule has 2 fully saturated rings. The molecular formula is C16H24N8O. The van der Waals surface area contributed by atoms with Crippen LogP contribution in [0.5, 0.6) is 0 Å². The Morgan fingerprint density at radius 3 is 2.84 bits per heavy atom. The molecule has 2 aromatic heterocycles. The van der Waals surface area contributed by atoms with Crippen LogP contribution < -0.4 is 0 Å². The minimum Gasteiger partial charge on any atom is -0.336 e. The van der Waals surface area contributed by atoms with E-state index in [0.29, 0.717) is 24.7 Å². The zero-order chi connectivity index (χ0) is 17.4. The minimum absolute atomic E-state index is 0.00244. The van der Waals surface area contributed by atoms with Gasteiger partial charge in [-0.3, -0.25) is 14.8 Å². The number of likely N-dealkylation sites (tertiary alicyclic amines) is 1. The van der Waals surface area contributed by atoms with Crippen LogP contribution in [0, 0.1) is 0 Å². The summed E-state index contributed by atoms with van der Waals surface area (Å²) in [6.07, 6.45) is 8.73. The molecule has 1 saturated carbocycles. The largest absolute Gasteiger partial charge is 0.336 e. The van der Waals surface area contributed by atoms with Crippen molar-refractivity contribution in [3.63, 3.8) is 0 Å². The van der Waals surface area contributed by atoms with E-state index in [9.17, 15) is 4.79 Å². The van der Waals surface area contributed by atoms with Crippen molar-refractivity contribution in [3.05, 3.63) is 23.8 Å². The highest BCUT2D eigenvalue weighted by Gasteiger charge is 2.48. The summed E-state index contributed by atoms with van der Waals surface area (Å²) >= 11 is 0. The maximum Gasteiger partial charge on any atom is 0.257 e. The van der Waals surface area contributed by atoms with E-state index in [1.807, 2.05) is 23.7 Å². The molecule has 2 aromatic rings. The van der Waals surface area contributed by atoms with Crippen molar-refractivity contribution < 1.29 is 4.79 Å². The van der Waals surface area contributed by atoms with Crippen LogP contribution in [0.1, 0.15) is 54.3 Å². The van der Waals surface area contributed by atoms with Gasteiger partial charge in [0.05, 0.1) is 17.8 Å². The lowest BCUT2D eigenvalue weighted by Crippen LogP contribution is -2.47. The van der Waals surface area contributed by atoms with Crippen LogP contribution in [0.3, 0.4) is 0 Å². The summed E-state index contributed by atoms with van der Waals surface area (Å²) in [4.78, 5) is 16.8. The van der Waals surface area contributed by atoms with Gasteiger partial charge < -0.3 is 4.90 Å². The number of likely N-dealkylation sites (N-methyl/N-ethyl adjacent to an activating group) is 1. The Labute approximate surface area is 146 Å². The Kier molecular flexibility index (Phi) is 4.03. The monoisotopic (exact) mass is 344 g/mol. The van der Waals surface area contributed by atoms with Gasteiger partial charge in [-0.1, -0.05) is 12.8 Å². The molecular weight excluding hydrogens is 320 g/mol. The normalized spacial score (nSPS) is 24.5. The molecule has 0 bridgehead atoms. The molecule has 134 valence electrons. The smallest absolute Gasteiger partial charge is 0.257 e. The second-order valence-electron chi connectivity index (χ2n) is 7.28. The first-order chi connectivity index (χ1) is 12.1. The van der Waals surface area contributed by atoms with Crippen molar-refractivity contribution in [2.75, 3.05) is 27.2 Å². The first kappa shape index (κ1) is 16.2. The van der Waals surface area contributed by atoms with Gasteiger partial charge in [0.1, 0.15) is 5.54 Å². The predicted molar refractivity (Wildman–Crippen MR) is 89.8 cm³/mol. The molecule has 25 heavy (non-hydrogen) atoms. The highest BCUT2D eigenvalue weighted by Crippen LogP contribution is 2.38. The molecule has 3 heterocycles. The number of aromatic nitrogens is 6. The van der Waals surface area contributed by atoms with E-state index in [0.717, 1.165) is 25.1 Å². The first-order valence-corrected chi connectivity index (χ1v) is 8.86. The van der Waals surface area contributed by atoms with Gasteiger partial charge >= 0.3 is 0 Å². The summed E-state index contributed by atoms with van der Waals surface area (Å²) in [7, 11) is 4.08. The third-order valence-electron chi connectivity index (χ3n) is 5.72. The van der Waals surface area contributed by atoms with Gasteiger partial charge in [0.15, 0.2) is 5.82 Å². The summed E-state index contributed by atoms with van der Waals surface area (Å²) < 4.78 is 2.01. The van der Waals surface area contributed by atoms with Crippen LogP contribution in [0.15, 0.2) is 12.4 Å². The number of rotatable bonds is 4. The van der Waals surface area contributed by atoms with Gasteiger partial charge in [-0.15, -0.1) is 5.10 Å². The van der Waals surface area contributed by atoms with Gasteiger partial charge in [-0.2, -0.15) is 5.10 Å². The number of hydrogen-bond donors (Lipinski definition) is 1. The average molecular weight is 344 g/mol. The SMILES string of the molecule is CN(C)C1(c2nnnn2C2CCCC2)CCN(C(=O)c2cn[nH]c2)C1. The summed E-state index contributed by atoms with van der Waals surface area (Å²) in [5.74, 6) is 0.879. The van der Waals surface area contributed by atoms with Crippen LogP contribution >= 0.6 is 0 Å². The van der Waals surface area contributed by atoms with Crippen LogP contribution in [0.25, 0.3) is 0 Å². The molecule has 9 heteroatoms. The predicted octanol–water partition coefficient (Wildman–Crippen LogP) is 0.814. The van der Waals surface area contributed by atoms with Crippen molar-refractivity contribution in [3.8, 4) is 0 Å². The highest BCUT2D eigenvalue weighted by atomic mass is 16.2. The molecule has 1 aliphatic carbocycles. The zero-order valence-corrected chi connectivity index (χ0v) is 14.7. The van der Waals surface area contributed by atoms with Crippen LogP contribution in [0.2, 0.25) is 0 Å². The van der Waals surface area contributed by atoms with E-state index in [4.69, 9.17) is 0 Å². The van der Waals surface area contributed by atoms with E-state index in [2.05, 4.69) is 30.6 Å². The van der Waals surface area contributed by atoms with Gasteiger partial charge in [0.25, 0.3) is 5.91 Å². The molecule has 1 N–H and O–H groups in total. The summed E-state index contributed by atoms with van der Waals surface area (Å²) in [5, 5.41) is 19.3. The van der Waals surface area contributed by atoms with E-state index in [1.165, 1.54) is 12.8 Å². The number of carbonyl (C=O) groups excluding carboxylic acids is 1. The lowest BCUT2D eigenvalue weighted by atomic mass is 9.95. The summed E-state index contributed by atoms with van der Waals surface area (Å²) in [6, 6.07) is 0.375. The van der Waals surface area contributed by atoms with Crippen LogP contribution in [-0.4, -0.2) is 73.3 Å². The second kappa shape index (κ2) is 6.21. The third-order valence-corrected chi connectivity index (χ3v) is 5.72. The molecule has 0 radical (unpaired) electrons. The second-order valence-corrected chi connectivity index (χ2v) is 7.28. The standard InChI is InChI=1S/C16H24N8O/c1-22(2)16(15-19-20-21-24(15)13-5-3-4-6-13)7-8-23(11-16)14(25)12-9-17-18-10-12/h9-10,13H,3-8,11H2,1-2H3,(H,17,18). The van der Waals surface area contributed by atoms with Crippen molar-refractivity contribution in [1.82, 2.24) is 40.2 Å². The fourth-order valence-electron chi connectivity index (χ4n) is 4.16. The van der Waals surface area contributed by atoms with Crippen LogP contribution in [0.4, 0.5) is 0 Å². The molecule has 9 nitrogen and oxygen atoms in total. The topological polar surface area (TPSA) is 95.8 Å². The van der Waals surface area contributed by atoms with Gasteiger partial charge in [-0.25, -0.2) is 4.68 Å². The van der Waals surface area contributed by atoms with Crippen LogP contribution in [-0.2, 0) is 5.54 Å². The maximum atomic E-state index is 12.7. The molecule has 0 spiro atoms. The van der Waals surface area contributed by atoms with E-state index in [-0.39, 0.29) is 11.4 Å². The molecule has 1 saturated heterocycles. The average Bonchev–Trinajstić information content (AvgIpc) is 3.42. The molecule has 1 atom stereocenters. The van der Waals surface area contributed by atoms with Gasteiger partial charge in [0.2, 0.25) is 0 Å². The number of carbonyl (C=O) groups is 1. The Morgan fingerprint density at radius 2 is 2.16 bits per heavy atom. The van der Waals surface area contributed by atoms with E-state index >= 15 is 0 Å². The van der Waals surface area contributed by atoms with Gasteiger partial charge in [0, 0.05) is 19.3 Å². The quantitative estimate of drug-likeness (QED) is 0.882. The number of hydrogen-bond acceptors (Lipinski definition) is 6. The fourth-order valence-corrected chi connectivity index (χ4v) is 4.16. The Hall–Kier alpha value is -2.29. The Balaban J connectivity index is 1.64. The lowest BCUT2D eigenvalue weighted by Gasteiger charge is -2.35. The minimum atomic E-state index is -0.356. The molecule has 1 aliphatic heterocycles. The van der Waals surface area contributed by atoms with Crippen molar-refractivity contribution >= 4 is 5.91 Å². The number of H-pyrrole nitrogens is 1. The van der Waals surface area contributed by atoms with E-state index < -0.39 is 0 Å². The van der Waals surface area contributed by atoms with Crippen molar-refractivity contribution in [2.24, 2.45) is 0 Å². The number of nitrogens with one attached hydrogen (secondary N) is 1. The number of nitrogens with zero attached hydrogens (tertiary/aromatic N) is 7. The molecule has 0 aromatic carbocycles. The third kappa shape index (κ3) is 2.62. The number of aromatic amines is 1. The lowest BCUT2D eigenvalue weighted by molar-refractivity contribution is 0.0737. The molecule has 1 unspecified atom stereocenters. The van der Waals surface area contributed by atoms with E-state index in [1.54, 1.807) is 12.4 Å². The Bertz CT molecular complexity index is 733. The first-order valence-electron chi connectivity index (χ1n) is 8.86. The number of tetrazole rings is 1. The van der Waals surface area contributed by atoms with Crippen molar-refractivity contribution in [1.29, 1.82) is 0 Å². The highest BCUT2D eigenvalue weighted by molar-refractivity contribution is 5.94. The van der Waals surface area contributed by atoms with Crippen molar-refractivity contribution in [2.45, 2.75) is 43.7 Å². The van der Waals surface area contributed by atoms with Gasteiger partial charge in [-0.05, 0) is 43.8 Å². The fraction of sp³-hybridized carbons (Fsp3) is 0.688. The molecule has 1 amide bonds. The zero-order valence-electron chi connectivity index (χ0n) is 14.7. The summed E-state index contributed by atoms with van der Waals surface area (Å²) in [5.41, 5.74) is 0.232. The molecule has 2 aliphatic rings. The Morgan fingerprint density at radius 1 is 1.36 bits per heavy atom.